The van der Waals surface area contributed by atoms with Gasteiger partial charge >= 0.3 is 0 Å². The highest BCUT2D eigenvalue weighted by molar-refractivity contribution is 7.89. The molecule has 0 N–H and O–H groups in total. The molecule has 0 bridgehead atoms. The van der Waals surface area contributed by atoms with Crippen LogP contribution in [0.5, 0.6) is 0 Å². The van der Waals surface area contributed by atoms with E-state index in [2.05, 4.69) is 18.7 Å². The largest absolute Gasteiger partial charge is 0.373 e. The maximum Gasteiger partial charge on any atom is 0.243 e. The molecule has 0 aliphatic carbocycles. The van der Waals surface area contributed by atoms with Crippen molar-refractivity contribution in [2.24, 2.45) is 11.8 Å². The molecule has 0 aromatic heterocycles. The third kappa shape index (κ3) is 6.09. The van der Waals surface area contributed by atoms with Crippen molar-refractivity contribution in [1.29, 1.82) is 0 Å². The summed E-state index contributed by atoms with van der Waals surface area (Å²) in [6, 6.07) is 6.24. The zero-order chi connectivity index (χ0) is 23.6. The van der Waals surface area contributed by atoms with Gasteiger partial charge in [0.25, 0.3) is 0 Å². The SMILES string of the molecule is CC1CN(CC2CCN(C(=O)C3CCCN(S(=O)(=O)c4ccc(Cl)cc4)C3)CC2)CC(C)O1. The zero-order valence-electron chi connectivity index (χ0n) is 19.7. The van der Waals surface area contributed by atoms with Crippen LogP contribution in [0.25, 0.3) is 0 Å². The minimum atomic E-state index is -3.62. The molecule has 0 spiro atoms. The van der Waals surface area contributed by atoms with Crippen molar-refractivity contribution < 1.29 is 17.9 Å². The molecule has 0 saturated carbocycles. The van der Waals surface area contributed by atoms with Crippen molar-refractivity contribution in [3.8, 4) is 0 Å². The highest BCUT2D eigenvalue weighted by atomic mass is 35.5. The van der Waals surface area contributed by atoms with E-state index in [1.807, 2.05) is 4.90 Å². The number of hydrogen-bond donors (Lipinski definition) is 0. The fraction of sp³-hybridized carbons (Fsp3) is 0.708. The van der Waals surface area contributed by atoms with Gasteiger partial charge in [-0.25, -0.2) is 8.42 Å². The number of halogens is 1. The lowest BCUT2D eigenvalue weighted by Crippen LogP contribution is -2.50. The molecule has 3 aliphatic rings. The minimum Gasteiger partial charge on any atom is -0.373 e. The Kier molecular flexibility index (Phi) is 8.01. The molecule has 184 valence electrons. The number of benzene rings is 1. The van der Waals surface area contributed by atoms with E-state index in [1.165, 1.54) is 16.4 Å². The summed E-state index contributed by atoms with van der Waals surface area (Å²) in [5, 5.41) is 0.502. The van der Waals surface area contributed by atoms with E-state index in [0.29, 0.717) is 23.9 Å². The lowest BCUT2D eigenvalue weighted by atomic mass is 9.93. The Labute approximate surface area is 203 Å². The molecule has 3 atom stereocenters. The van der Waals surface area contributed by atoms with Crippen molar-refractivity contribution in [1.82, 2.24) is 14.1 Å². The monoisotopic (exact) mass is 497 g/mol. The fourth-order valence-corrected chi connectivity index (χ4v) is 7.16. The molecule has 4 rings (SSSR count). The number of morpholine rings is 1. The summed E-state index contributed by atoms with van der Waals surface area (Å²) in [6.07, 6.45) is 4.00. The summed E-state index contributed by atoms with van der Waals surface area (Å²) < 4.78 is 33.4. The number of carbonyl (C=O) groups is 1. The molecule has 1 amide bonds. The fourth-order valence-electron chi connectivity index (χ4n) is 5.51. The van der Waals surface area contributed by atoms with E-state index in [1.54, 1.807) is 12.1 Å². The van der Waals surface area contributed by atoms with Crippen molar-refractivity contribution in [3.05, 3.63) is 29.3 Å². The molecule has 3 heterocycles. The van der Waals surface area contributed by atoms with Gasteiger partial charge in [0.15, 0.2) is 0 Å². The number of sulfonamides is 1. The van der Waals surface area contributed by atoms with Crippen molar-refractivity contribution in [2.75, 3.05) is 45.8 Å². The maximum absolute atomic E-state index is 13.2. The zero-order valence-corrected chi connectivity index (χ0v) is 21.2. The van der Waals surface area contributed by atoms with Crippen LogP contribution < -0.4 is 0 Å². The van der Waals surface area contributed by atoms with Gasteiger partial charge in [0.1, 0.15) is 0 Å². The van der Waals surface area contributed by atoms with Gasteiger partial charge in [-0.15, -0.1) is 0 Å². The first-order chi connectivity index (χ1) is 15.7. The third-order valence-corrected chi connectivity index (χ3v) is 9.25. The predicted octanol–water partition coefficient (Wildman–Crippen LogP) is 3.09. The molecule has 1 aromatic carbocycles. The van der Waals surface area contributed by atoms with Gasteiger partial charge in [-0.1, -0.05) is 11.6 Å². The summed E-state index contributed by atoms with van der Waals surface area (Å²) in [6.45, 7) is 9.51. The smallest absolute Gasteiger partial charge is 0.243 e. The van der Waals surface area contributed by atoms with Gasteiger partial charge in [0.2, 0.25) is 15.9 Å². The second kappa shape index (κ2) is 10.6. The molecule has 0 radical (unpaired) electrons. The van der Waals surface area contributed by atoms with Crippen LogP contribution >= 0.6 is 11.6 Å². The molecular formula is C24H36ClN3O4S. The van der Waals surface area contributed by atoms with Crippen molar-refractivity contribution in [2.45, 2.75) is 56.6 Å². The average molecular weight is 498 g/mol. The first kappa shape index (κ1) is 24.9. The summed E-state index contributed by atoms with van der Waals surface area (Å²) in [4.78, 5) is 17.9. The van der Waals surface area contributed by atoms with E-state index in [0.717, 1.165) is 52.0 Å². The average Bonchev–Trinajstić information content (AvgIpc) is 2.79. The number of nitrogens with zero attached hydrogens (tertiary/aromatic N) is 3. The van der Waals surface area contributed by atoms with Crippen LogP contribution in [0.2, 0.25) is 5.02 Å². The predicted molar refractivity (Wildman–Crippen MR) is 129 cm³/mol. The summed E-state index contributed by atoms with van der Waals surface area (Å²) >= 11 is 5.91. The van der Waals surface area contributed by atoms with Gasteiger partial charge in [-0.3, -0.25) is 9.69 Å². The van der Waals surface area contributed by atoms with Gasteiger partial charge in [0.05, 0.1) is 23.0 Å². The van der Waals surface area contributed by atoms with Crippen molar-refractivity contribution >= 4 is 27.5 Å². The normalized spacial score (nSPS) is 28.7. The first-order valence-electron chi connectivity index (χ1n) is 12.1. The summed E-state index contributed by atoms with van der Waals surface area (Å²) in [5.41, 5.74) is 0. The Morgan fingerprint density at radius 2 is 1.64 bits per heavy atom. The molecule has 7 nitrogen and oxygen atoms in total. The molecule has 9 heteroatoms. The van der Waals surface area contributed by atoms with E-state index in [4.69, 9.17) is 16.3 Å². The Morgan fingerprint density at radius 3 is 2.27 bits per heavy atom. The highest BCUT2D eigenvalue weighted by Gasteiger charge is 2.36. The van der Waals surface area contributed by atoms with Crippen LogP contribution in [0.3, 0.4) is 0 Å². The Balaban J connectivity index is 1.30. The van der Waals surface area contributed by atoms with Crippen LogP contribution in [0.15, 0.2) is 29.2 Å². The van der Waals surface area contributed by atoms with Gasteiger partial charge in [-0.2, -0.15) is 4.31 Å². The highest BCUT2D eigenvalue weighted by Crippen LogP contribution is 2.28. The number of amides is 1. The number of ether oxygens (including phenoxy) is 1. The number of likely N-dealkylation sites (tertiary alicyclic amines) is 1. The van der Waals surface area contributed by atoms with E-state index < -0.39 is 10.0 Å². The van der Waals surface area contributed by atoms with Gasteiger partial charge in [0, 0.05) is 50.8 Å². The number of rotatable bonds is 5. The standard InChI is InChI=1S/C24H36ClN3O4S/c1-18-14-26(15-19(2)32-18)16-20-9-12-27(13-10-20)24(29)21-4-3-11-28(17-21)33(30,31)23-7-5-22(25)6-8-23/h5-8,18-21H,3-4,9-17H2,1-2H3. The lowest BCUT2D eigenvalue weighted by molar-refractivity contribution is -0.138. The quantitative estimate of drug-likeness (QED) is 0.625. The Hall–Kier alpha value is -1.19. The van der Waals surface area contributed by atoms with Crippen LogP contribution in [-0.2, 0) is 19.6 Å². The molecule has 3 aliphatic heterocycles. The third-order valence-electron chi connectivity index (χ3n) is 7.12. The Bertz CT molecular complexity index is 908. The van der Waals surface area contributed by atoms with Gasteiger partial charge in [-0.05, 0) is 69.7 Å². The van der Waals surface area contributed by atoms with E-state index in [-0.39, 0.29) is 35.5 Å². The second-order valence-electron chi connectivity index (χ2n) is 9.90. The molecule has 33 heavy (non-hydrogen) atoms. The molecule has 3 saturated heterocycles. The maximum atomic E-state index is 13.2. The topological polar surface area (TPSA) is 70.2 Å². The summed E-state index contributed by atoms with van der Waals surface area (Å²) in [5.74, 6) is 0.441. The molecule has 3 unspecified atom stereocenters. The molecular weight excluding hydrogens is 462 g/mol. The van der Waals surface area contributed by atoms with Crippen LogP contribution in [0, 0.1) is 11.8 Å². The minimum absolute atomic E-state index is 0.109. The second-order valence-corrected chi connectivity index (χ2v) is 12.3. The first-order valence-corrected chi connectivity index (χ1v) is 14.0. The van der Waals surface area contributed by atoms with E-state index in [9.17, 15) is 13.2 Å². The number of hydrogen-bond acceptors (Lipinski definition) is 5. The van der Waals surface area contributed by atoms with E-state index >= 15 is 0 Å². The molecule has 1 aromatic rings. The number of carbonyl (C=O) groups excluding carboxylic acids is 1. The lowest BCUT2D eigenvalue weighted by Gasteiger charge is -2.40. The van der Waals surface area contributed by atoms with Crippen LogP contribution in [0.1, 0.15) is 39.5 Å². The van der Waals surface area contributed by atoms with Crippen LogP contribution in [0.4, 0.5) is 0 Å². The summed E-state index contributed by atoms with van der Waals surface area (Å²) in [7, 11) is -3.62. The number of piperidine rings is 2. The van der Waals surface area contributed by atoms with Crippen LogP contribution in [-0.4, -0.2) is 86.5 Å². The van der Waals surface area contributed by atoms with Gasteiger partial charge < -0.3 is 9.64 Å². The Morgan fingerprint density at radius 1 is 1.00 bits per heavy atom. The molecule has 3 fully saturated rings. The van der Waals surface area contributed by atoms with Crippen molar-refractivity contribution in [3.63, 3.8) is 0 Å².